The second-order valence-electron chi connectivity index (χ2n) is 6.59. The van der Waals surface area contributed by atoms with Crippen LogP contribution in [0.25, 0.3) is 0 Å². The zero-order chi connectivity index (χ0) is 18.5. The number of hydrogen-bond donors (Lipinski definition) is 1. The highest BCUT2D eigenvalue weighted by atomic mass is 19.1. The number of benzene rings is 1. The molecule has 0 unspecified atom stereocenters. The van der Waals surface area contributed by atoms with E-state index in [-0.39, 0.29) is 23.5 Å². The molecule has 1 N–H and O–H groups in total. The number of aromatic nitrogens is 1. The summed E-state index contributed by atoms with van der Waals surface area (Å²) in [5, 5.41) is 6.51. The molecule has 7 heteroatoms. The van der Waals surface area contributed by atoms with Crippen LogP contribution in [0.3, 0.4) is 0 Å². The molecule has 1 saturated heterocycles. The second-order valence-corrected chi connectivity index (χ2v) is 6.59. The minimum Gasteiger partial charge on any atom is -0.360 e. The predicted molar refractivity (Wildman–Crippen MR) is 93.9 cm³/mol. The van der Waals surface area contributed by atoms with Crippen LogP contribution in [0.4, 0.5) is 10.2 Å². The zero-order valence-electron chi connectivity index (χ0n) is 14.7. The highest BCUT2D eigenvalue weighted by Crippen LogP contribution is 2.20. The first kappa shape index (κ1) is 18.1. The molecule has 1 aliphatic rings. The van der Waals surface area contributed by atoms with Crippen LogP contribution in [0.1, 0.15) is 30.6 Å². The summed E-state index contributed by atoms with van der Waals surface area (Å²) in [4.78, 5) is 26.4. The number of rotatable bonds is 5. The highest BCUT2D eigenvalue weighted by Gasteiger charge is 2.27. The first-order valence-corrected chi connectivity index (χ1v) is 8.77. The van der Waals surface area contributed by atoms with E-state index in [1.165, 1.54) is 12.1 Å². The minimum atomic E-state index is -0.277. The van der Waals surface area contributed by atoms with Gasteiger partial charge in [-0.05, 0) is 43.9 Å². The Balaban J connectivity index is 1.43. The Morgan fingerprint density at radius 3 is 2.58 bits per heavy atom. The third-order valence-electron chi connectivity index (χ3n) is 4.64. The maximum atomic E-state index is 12.9. The van der Waals surface area contributed by atoms with Crippen LogP contribution in [-0.4, -0.2) is 35.0 Å². The Kier molecular flexibility index (Phi) is 5.65. The van der Waals surface area contributed by atoms with E-state index in [1.54, 1.807) is 30.0 Å². The molecule has 6 nitrogen and oxygen atoms in total. The van der Waals surface area contributed by atoms with E-state index in [0.717, 1.165) is 5.56 Å². The van der Waals surface area contributed by atoms with Gasteiger partial charge in [0.1, 0.15) is 11.6 Å². The van der Waals surface area contributed by atoms with E-state index in [2.05, 4.69) is 10.5 Å². The molecule has 1 aromatic carbocycles. The van der Waals surface area contributed by atoms with E-state index >= 15 is 0 Å². The first-order valence-electron chi connectivity index (χ1n) is 8.77. The van der Waals surface area contributed by atoms with Gasteiger partial charge in [-0.15, -0.1) is 0 Å². The van der Waals surface area contributed by atoms with Gasteiger partial charge >= 0.3 is 0 Å². The summed E-state index contributed by atoms with van der Waals surface area (Å²) in [7, 11) is 0. The van der Waals surface area contributed by atoms with E-state index < -0.39 is 0 Å². The molecule has 2 aromatic rings. The Hall–Kier alpha value is -2.70. The predicted octanol–water partition coefficient (Wildman–Crippen LogP) is 2.93. The topological polar surface area (TPSA) is 75.4 Å². The zero-order valence-corrected chi connectivity index (χ0v) is 14.7. The Morgan fingerprint density at radius 1 is 1.27 bits per heavy atom. The molecule has 138 valence electrons. The third kappa shape index (κ3) is 4.68. The number of anilines is 1. The van der Waals surface area contributed by atoms with Gasteiger partial charge in [-0.2, -0.15) is 0 Å². The van der Waals surface area contributed by atoms with Gasteiger partial charge in [-0.25, -0.2) is 4.39 Å². The van der Waals surface area contributed by atoms with Crippen LogP contribution in [0, 0.1) is 18.7 Å². The van der Waals surface area contributed by atoms with Crippen LogP contribution >= 0.6 is 0 Å². The lowest BCUT2D eigenvalue weighted by atomic mass is 9.95. The van der Waals surface area contributed by atoms with Gasteiger partial charge in [-0.3, -0.25) is 9.59 Å². The van der Waals surface area contributed by atoms with Crippen molar-refractivity contribution < 1.29 is 18.5 Å². The van der Waals surface area contributed by atoms with Crippen molar-refractivity contribution in [2.75, 3.05) is 18.4 Å². The van der Waals surface area contributed by atoms with Crippen LogP contribution in [-0.2, 0) is 16.0 Å². The van der Waals surface area contributed by atoms with Crippen molar-refractivity contribution in [2.45, 2.75) is 32.6 Å². The molecule has 1 aliphatic heterocycles. The average Bonchev–Trinajstić information content (AvgIpc) is 3.06. The van der Waals surface area contributed by atoms with Crippen molar-refractivity contribution in [3.05, 3.63) is 47.5 Å². The monoisotopic (exact) mass is 359 g/mol. The molecule has 3 rings (SSSR count). The normalized spacial score (nSPS) is 15.1. The fourth-order valence-corrected chi connectivity index (χ4v) is 3.11. The molecule has 2 heterocycles. The lowest BCUT2D eigenvalue weighted by Crippen LogP contribution is -2.41. The molecule has 0 radical (unpaired) electrons. The van der Waals surface area contributed by atoms with Crippen molar-refractivity contribution in [3.8, 4) is 0 Å². The molecule has 2 amide bonds. The lowest BCUT2D eigenvalue weighted by Gasteiger charge is -2.31. The van der Waals surface area contributed by atoms with Crippen LogP contribution < -0.4 is 5.32 Å². The van der Waals surface area contributed by atoms with Crippen molar-refractivity contribution in [1.82, 2.24) is 10.1 Å². The molecule has 0 bridgehead atoms. The molecule has 26 heavy (non-hydrogen) atoms. The van der Waals surface area contributed by atoms with Crippen LogP contribution in [0.2, 0.25) is 0 Å². The second kappa shape index (κ2) is 8.12. The number of nitrogens with zero attached hydrogens (tertiary/aromatic N) is 2. The molecule has 1 aromatic heterocycles. The van der Waals surface area contributed by atoms with Crippen molar-refractivity contribution in [2.24, 2.45) is 5.92 Å². The van der Waals surface area contributed by atoms with E-state index in [9.17, 15) is 14.0 Å². The maximum absolute atomic E-state index is 12.9. The molecule has 0 saturated carbocycles. The summed E-state index contributed by atoms with van der Waals surface area (Å²) in [6.45, 7) is 2.90. The van der Waals surface area contributed by atoms with Gasteiger partial charge in [0.05, 0.1) is 0 Å². The number of carbonyl (C=O) groups is 2. The van der Waals surface area contributed by atoms with Crippen LogP contribution in [0.15, 0.2) is 34.9 Å². The molecular weight excluding hydrogens is 337 g/mol. The number of likely N-dealkylation sites (tertiary alicyclic amines) is 1. The number of carbonyl (C=O) groups excluding carboxylic acids is 2. The number of halogens is 1. The molecular formula is C19H22FN3O3. The summed E-state index contributed by atoms with van der Waals surface area (Å²) in [6, 6.07) is 7.88. The fraction of sp³-hybridized carbons (Fsp3) is 0.421. The van der Waals surface area contributed by atoms with Gasteiger partial charge in [0, 0.05) is 31.5 Å². The Morgan fingerprint density at radius 2 is 1.96 bits per heavy atom. The molecule has 0 aliphatic carbocycles. The third-order valence-corrected chi connectivity index (χ3v) is 4.64. The van der Waals surface area contributed by atoms with E-state index in [1.807, 2.05) is 0 Å². The number of amides is 2. The Bertz CT molecular complexity index is 765. The Labute approximate surface area is 151 Å². The summed E-state index contributed by atoms with van der Waals surface area (Å²) in [5.74, 6) is 0.638. The molecule has 0 atom stereocenters. The number of nitrogens with one attached hydrogen (secondary N) is 1. The van der Waals surface area contributed by atoms with Crippen LogP contribution in [0.5, 0.6) is 0 Å². The number of hydrogen-bond acceptors (Lipinski definition) is 4. The first-order chi connectivity index (χ1) is 12.5. The number of aryl methyl sites for hydroxylation is 2. The smallest absolute Gasteiger partial charge is 0.228 e. The van der Waals surface area contributed by atoms with Gasteiger partial charge in [0.25, 0.3) is 0 Å². The fourth-order valence-electron chi connectivity index (χ4n) is 3.11. The van der Waals surface area contributed by atoms with Gasteiger partial charge in [-0.1, -0.05) is 17.3 Å². The van der Waals surface area contributed by atoms with Gasteiger partial charge in [0.15, 0.2) is 5.82 Å². The van der Waals surface area contributed by atoms with Crippen molar-refractivity contribution >= 4 is 17.6 Å². The number of piperidine rings is 1. The molecule has 1 fully saturated rings. The largest absolute Gasteiger partial charge is 0.360 e. The summed E-state index contributed by atoms with van der Waals surface area (Å²) in [6.07, 6.45) is 2.24. The molecule has 0 spiro atoms. The summed E-state index contributed by atoms with van der Waals surface area (Å²) < 4.78 is 17.8. The van der Waals surface area contributed by atoms with E-state index in [0.29, 0.717) is 50.4 Å². The highest BCUT2D eigenvalue weighted by molar-refractivity contribution is 5.91. The lowest BCUT2D eigenvalue weighted by molar-refractivity contribution is -0.134. The van der Waals surface area contributed by atoms with Gasteiger partial charge < -0.3 is 14.7 Å². The minimum absolute atomic E-state index is 0.0697. The maximum Gasteiger partial charge on any atom is 0.228 e. The van der Waals surface area contributed by atoms with Gasteiger partial charge in [0.2, 0.25) is 11.8 Å². The standard InChI is InChI=1S/C19H22FN3O3/c1-13-12-17(22-26-13)21-19(25)15-8-10-23(11-9-15)18(24)7-4-14-2-5-16(20)6-3-14/h2-3,5-6,12,15H,4,7-11H2,1H3,(H,21,22,25). The van der Waals surface area contributed by atoms with Crippen molar-refractivity contribution in [1.29, 1.82) is 0 Å². The quantitative estimate of drug-likeness (QED) is 0.891. The van der Waals surface area contributed by atoms with Crippen molar-refractivity contribution in [3.63, 3.8) is 0 Å². The summed E-state index contributed by atoms with van der Waals surface area (Å²) in [5.41, 5.74) is 0.942. The summed E-state index contributed by atoms with van der Waals surface area (Å²) >= 11 is 0. The van der Waals surface area contributed by atoms with E-state index in [4.69, 9.17) is 4.52 Å². The average molecular weight is 359 g/mol. The SMILES string of the molecule is Cc1cc(NC(=O)C2CCN(C(=O)CCc3ccc(F)cc3)CC2)no1.